The standard InChI is InChI=1S/C30H30Cl2N6O2S/c1-36-27(20-4-2-19(15-33)3-5-20)25-26(35-36)29(39)38(18-34-25)17-30(40)9-11-37(12-10-30)16-22-7-6-21(14-24(22)31)23-8-13-41-28(23)32/h2-8,13-14,18,40H,9-12,15-17,33H2,1H3. The second-order valence-corrected chi connectivity index (χ2v) is 12.6. The highest BCUT2D eigenvalue weighted by Crippen LogP contribution is 2.35. The van der Waals surface area contributed by atoms with E-state index in [-0.39, 0.29) is 17.6 Å². The Labute approximate surface area is 251 Å². The van der Waals surface area contributed by atoms with E-state index in [9.17, 15) is 9.90 Å². The lowest BCUT2D eigenvalue weighted by Crippen LogP contribution is -2.47. The number of hydrogen-bond donors (Lipinski definition) is 2. The van der Waals surface area contributed by atoms with Crippen molar-refractivity contribution < 1.29 is 5.11 Å². The third-order valence-electron chi connectivity index (χ3n) is 7.90. The molecule has 3 N–H and O–H groups in total. The highest BCUT2D eigenvalue weighted by Gasteiger charge is 2.33. The zero-order chi connectivity index (χ0) is 28.7. The fraction of sp³-hybridized carbons (Fsp3) is 0.300. The molecule has 2 aromatic carbocycles. The Morgan fingerprint density at radius 2 is 1.78 bits per heavy atom. The van der Waals surface area contributed by atoms with Crippen LogP contribution in [0.2, 0.25) is 9.36 Å². The van der Waals surface area contributed by atoms with Gasteiger partial charge >= 0.3 is 0 Å². The molecular formula is C30H30Cl2N6O2S. The maximum absolute atomic E-state index is 13.4. The molecule has 5 aromatic rings. The van der Waals surface area contributed by atoms with Gasteiger partial charge in [-0.3, -0.25) is 18.9 Å². The van der Waals surface area contributed by atoms with Crippen LogP contribution >= 0.6 is 34.5 Å². The fourth-order valence-electron chi connectivity index (χ4n) is 5.52. The molecule has 0 saturated carbocycles. The Balaban J connectivity index is 1.14. The lowest BCUT2D eigenvalue weighted by molar-refractivity contribution is -0.0364. The zero-order valence-electron chi connectivity index (χ0n) is 22.6. The summed E-state index contributed by atoms with van der Waals surface area (Å²) in [7, 11) is 1.80. The zero-order valence-corrected chi connectivity index (χ0v) is 24.9. The van der Waals surface area contributed by atoms with Crippen molar-refractivity contribution in [1.82, 2.24) is 24.2 Å². The van der Waals surface area contributed by atoms with Crippen LogP contribution in [0.15, 0.2) is 65.0 Å². The first kappa shape index (κ1) is 28.1. The van der Waals surface area contributed by atoms with E-state index >= 15 is 0 Å². The molecule has 1 aliphatic rings. The number of rotatable bonds is 7. The van der Waals surface area contributed by atoms with Gasteiger partial charge in [0.1, 0.15) is 9.85 Å². The van der Waals surface area contributed by atoms with E-state index in [0.29, 0.717) is 49.6 Å². The SMILES string of the molecule is Cn1nc2c(=O)n(CC3(O)CCN(Cc4ccc(-c5ccsc5Cl)cc4Cl)CC3)cnc2c1-c1ccc(CN)cc1. The monoisotopic (exact) mass is 608 g/mol. The van der Waals surface area contributed by atoms with Gasteiger partial charge in [-0.2, -0.15) is 5.10 Å². The Bertz CT molecular complexity index is 1770. The van der Waals surface area contributed by atoms with E-state index in [1.165, 1.54) is 22.2 Å². The number of likely N-dealkylation sites (tertiary alicyclic amines) is 1. The van der Waals surface area contributed by atoms with E-state index in [1.54, 1.807) is 11.7 Å². The number of nitrogens with zero attached hydrogens (tertiary/aromatic N) is 5. The molecule has 0 spiro atoms. The Hall–Kier alpha value is -3.05. The minimum atomic E-state index is -1.02. The smallest absolute Gasteiger partial charge is 0.281 e. The highest BCUT2D eigenvalue weighted by atomic mass is 35.5. The van der Waals surface area contributed by atoms with Crippen LogP contribution in [0.4, 0.5) is 0 Å². The average molecular weight is 610 g/mol. The van der Waals surface area contributed by atoms with E-state index in [2.05, 4.69) is 15.0 Å². The summed E-state index contributed by atoms with van der Waals surface area (Å²) >= 11 is 14.4. The molecular weight excluding hydrogens is 579 g/mol. The summed E-state index contributed by atoms with van der Waals surface area (Å²) in [4.78, 5) is 20.3. The summed E-state index contributed by atoms with van der Waals surface area (Å²) < 4.78 is 3.91. The van der Waals surface area contributed by atoms with Gasteiger partial charge in [0, 0.05) is 49.4 Å². The molecule has 1 saturated heterocycles. The van der Waals surface area contributed by atoms with Gasteiger partial charge in [-0.25, -0.2) is 4.98 Å². The summed E-state index contributed by atoms with van der Waals surface area (Å²) in [6.07, 6.45) is 2.58. The molecule has 212 valence electrons. The predicted molar refractivity (Wildman–Crippen MR) is 165 cm³/mol. The molecule has 3 aromatic heterocycles. The van der Waals surface area contributed by atoms with Crippen LogP contribution in [0.5, 0.6) is 0 Å². The first-order chi connectivity index (χ1) is 19.7. The van der Waals surface area contributed by atoms with Crippen LogP contribution in [0, 0.1) is 0 Å². The number of benzene rings is 2. The van der Waals surface area contributed by atoms with Crippen LogP contribution in [0.1, 0.15) is 24.0 Å². The molecule has 0 radical (unpaired) electrons. The summed E-state index contributed by atoms with van der Waals surface area (Å²) in [5, 5.41) is 18.6. The van der Waals surface area contributed by atoms with Gasteiger partial charge in [0.05, 0.1) is 24.2 Å². The van der Waals surface area contributed by atoms with Crippen molar-refractivity contribution in [2.75, 3.05) is 13.1 Å². The number of aromatic nitrogens is 4. The fourth-order valence-corrected chi connectivity index (χ4v) is 6.72. The number of aliphatic hydroxyl groups is 1. The van der Waals surface area contributed by atoms with Gasteiger partial charge in [-0.1, -0.05) is 59.6 Å². The van der Waals surface area contributed by atoms with Crippen LogP contribution < -0.4 is 11.3 Å². The number of piperidine rings is 1. The molecule has 0 bridgehead atoms. The lowest BCUT2D eigenvalue weighted by atomic mass is 9.91. The largest absolute Gasteiger partial charge is 0.388 e. The number of fused-ring (bicyclic) bond motifs is 1. The van der Waals surface area contributed by atoms with Crippen LogP contribution in [0.3, 0.4) is 0 Å². The van der Waals surface area contributed by atoms with Gasteiger partial charge in [-0.05, 0) is 47.0 Å². The molecule has 0 amide bonds. The number of halogens is 2. The van der Waals surface area contributed by atoms with Gasteiger partial charge in [-0.15, -0.1) is 11.3 Å². The van der Waals surface area contributed by atoms with Gasteiger partial charge < -0.3 is 10.8 Å². The molecule has 1 aliphatic heterocycles. The molecule has 41 heavy (non-hydrogen) atoms. The Kier molecular flexibility index (Phi) is 7.76. The normalized spacial score (nSPS) is 15.5. The number of aryl methyl sites for hydroxylation is 1. The highest BCUT2D eigenvalue weighted by molar-refractivity contribution is 7.15. The number of hydrogen-bond acceptors (Lipinski definition) is 7. The number of thiophene rings is 1. The molecule has 0 atom stereocenters. The van der Waals surface area contributed by atoms with Crippen molar-refractivity contribution >= 4 is 45.6 Å². The van der Waals surface area contributed by atoms with Crippen molar-refractivity contribution in [3.05, 3.63) is 91.1 Å². The third kappa shape index (κ3) is 5.58. The molecule has 8 nitrogen and oxygen atoms in total. The summed E-state index contributed by atoms with van der Waals surface area (Å²) in [6.45, 7) is 2.67. The topological polar surface area (TPSA) is 102 Å². The maximum atomic E-state index is 13.4. The first-order valence-corrected chi connectivity index (χ1v) is 15.1. The predicted octanol–water partition coefficient (Wildman–Crippen LogP) is 5.32. The second kappa shape index (κ2) is 11.3. The van der Waals surface area contributed by atoms with E-state index in [4.69, 9.17) is 28.9 Å². The molecule has 0 aliphatic carbocycles. The molecule has 0 unspecified atom stereocenters. The van der Waals surface area contributed by atoms with Crippen molar-refractivity contribution in [3.63, 3.8) is 0 Å². The van der Waals surface area contributed by atoms with E-state index in [0.717, 1.165) is 37.8 Å². The van der Waals surface area contributed by atoms with Crippen molar-refractivity contribution in [1.29, 1.82) is 0 Å². The van der Waals surface area contributed by atoms with Crippen molar-refractivity contribution in [2.45, 2.75) is 38.1 Å². The minimum absolute atomic E-state index is 0.163. The molecule has 4 heterocycles. The first-order valence-electron chi connectivity index (χ1n) is 13.4. The molecule has 11 heteroatoms. The Morgan fingerprint density at radius 1 is 1.05 bits per heavy atom. The average Bonchev–Trinajstić information content (AvgIpc) is 3.55. The van der Waals surface area contributed by atoms with Crippen molar-refractivity contribution in [3.8, 4) is 22.4 Å². The van der Waals surface area contributed by atoms with Crippen LogP contribution in [-0.2, 0) is 26.7 Å². The summed E-state index contributed by atoms with van der Waals surface area (Å²) in [5.74, 6) is 0. The summed E-state index contributed by atoms with van der Waals surface area (Å²) in [6, 6.07) is 15.9. The minimum Gasteiger partial charge on any atom is -0.388 e. The van der Waals surface area contributed by atoms with E-state index < -0.39 is 5.60 Å². The van der Waals surface area contributed by atoms with Gasteiger partial charge in [0.25, 0.3) is 5.56 Å². The van der Waals surface area contributed by atoms with Gasteiger partial charge in [0.15, 0.2) is 5.52 Å². The quantitative estimate of drug-likeness (QED) is 0.259. The van der Waals surface area contributed by atoms with Crippen LogP contribution in [0.25, 0.3) is 33.4 Å². The maximum Gasteiger partial charge on any atom is 0.281 e. The third-order valence-corrected chi connectivity index (χ3v) is 9.42. The van der Waals surface area contributed by atoms with Crippen molar-refractivity contribution in [2.24, 2.45) is 12.8 Å². The second-order valence-electron chi connectivity index (χ2n) is 10.7. The Morgan fingerprint density at radius 3 is 2.44 bits per heavy atom. The summed E-state index contributed by atoms with van der Waals surface area (Å²) in [5.41, 5.74) is 11.0. The van der Waals surface area contributed by atoms with Crippen LogP contribution in [-0.4, -0.2) is 48.0 Å². The van der Waals surface area contributed by atoms with E-state index in [1.807, 2.05) is 53.9 Å². The lowest BCUT2D eigenvalue weighted by Gasteiger charge is -2.38. The van der Waals surface area contributed by atoms with Gasteiger partial charge in [0.2, 0.25) is 0 Å². The molecule has 6 rings (SSSR count). The molecule has 1 fully saturated rings. The number of nitrogens with two attached hydrogens (primary N) is 1.